The van der Waals surface area contributed by atoms with Gasteiger partial charge in [0.25, 0.3) is 0 Å². The fourth-order valence-electron chi connectivity index (χ4n) is 1.42. The molecule has 1 aromatic carbocycles. The van der Waals surface area contributed by atoms with Gasteiger partial charge in [0.2, 0.25) is 0 Å². The quantitative estimate of drug-likeness (QED) is 0.713. The summed E-state index contributed by atoms with van der Waals surface area (Å²) < 4.78 is 5.33. The third-order valence-electron chi connectivity index (χ3n) is 2.30. The molecule has 0 saturated carbocycles. The molecule has 16 heavy (non-hydrogen) atoms. The first-order chi connectivity index (χ1) is 7.86. The molecular formula is C13H17NO2. The molecule has 0 heterocycles. The number of rotatable bonds is 7. The number of aliphatic hydroxyl groups is 1. The smallest absolute Gasteiger partial charge is 0.144 e. The van der Waals surface area contributed by atoms with Gasteiger partial charge in [-0.15, -0.1) is 0 Å². The van der Waals surface area contributed by atoms with E-state index in [1.165, 1.54) is 5.56 Å². The highest BCUT2D eigenvalue weighted by Gasteiger charge is 2.07. The van der Waals surface area contributed by atoms with E-state index in [2.05, 4.69) is 6.07 Å². The topological polar surface area (TPSA) is 53.2 Å². The lowest BCUT2D eigenvalue weighted by atomic mass is 10.1. The van der Waals surface area contributed by atoms with Crippen LogP contribution in [0.3, 0.4) is 0 Å². The number of nitriles is 1. The molecule has 0 aliphatic carbocycles. The highest BCUT2D eigenvalue weighted by molar-refractivity contribution is 5.15. The van der Waals surface area contributed by atoms with Crippen LogP contribution in [0.2, 0.25) is 0 Å². The summed E-state index contributed by atoms with van der Waals surface area (Å²) in [6, 6.07) is 12.2. The lowest BCUT2D eigenvalue weighted by molar-refractivity contribution is 0.0727. The first kappa shape index (κ1) is 12.7. The highest BCUT2D eigenvalue weighted by Crippen LogP contribution is 2.07. The number of hydrogen-bond acceptors (Lipinski definition) is 3. The maximum atomic E-state index is 8.87. The molecule has 1 unspecified atom stereocenters. The Kier molecular flexibility index (Phi) is 6.24. The van der Waals surface area contributed by atoms with Gasteiger partial charge in [0.05, 0.1) is 12.7 Å². The van der Waals surface area contributed by atoms with E-state index in [1.807, 2.05) is 30.3 Å². The second-order valence-electron chi connectivity index (χ2n) is 3.59. The van der Waals surface area contributed by atoms with Crippen molar-refractivity contribution in [3.8, 4) is 6.07 Å². The van der Waals surface area contributed by atoms with E-state index < -0.39 is 0 Å². The SMILES string of the molecule is N#CC(CCc1ccccc1)OCCCO. The Morgan fingerprint density at radius 3 is 2.69 bits per heavy atom. The maximum Gasteiger partial charge on any atom is 0.144 e. The Bertz CT molecular complexity index is 318. The van der Waals surface area contributed by atoms with Gasteiger partial charge in [-0.2, -0.15) is 5.26 Å². The zero-order chi connectivity index (χ0) is 11.6. The Hall–Kier alpha value is -1.37. The normalized spacial score (nSPS) is 12.0. The van der Waals surface area contributed by atoms with Crippen molar-refractivity contribution < 1.29 is 9.84 Å². The van der Waals surface area contributed by atoms with Gasteiger partial charge in [0, 0.05) is 6.61 Å². The van der Waals surface area contributed by atoms with Gasteiger partial charge in [0.1, 0.15) is 6.10 Å². The summed E-state index contributed by atoms with van der Waals surface area (Å²) in [5.41, 5.74) is 1.22. The summed E-state index contributed by atoms with van der Waals surface area (Å²) in [5.74, 6) is 0. The van der Waals surface area contributed by atoms with Crippen molar-refractivity contribution in [2.24, 2.45) is 0 Å². The molecular weight excluding hydrogens is 202 g/mol. The van der Waals surface area contributed by atoms with Gasteiger partial charge in [-0.3, -0.25) is 0 Å². The van der Waals surface area contributed by atoms with Crippen molar-refractivity contribution in [1.82, 2.24) is 0 Å². The number of aliphatic hydroxyl groups excluding tert-OH is 1. The highest BCUT2D eigenvalue weighted by atomic mass is 16.5. The predicted octanol–water partition coefficient (Wildman–Crippen LogP) is 1.91. The summed E-state index contributed by atoms with van der Waals surface area (Å²) >= 11 is 0. The molecule has 0 aliphatic heterocycles. The Morgan fingerprint density at radius 2 is 2.06 bits per heavy atom. The minimum atomic E-state index is -0.369. The molecule has 0 radical (unpaired) electrons. The molecule has 0 spiro atoms. The Labute approximate surface area is 96.3 Å². The van der Waals surface area contributed by atoms with Crippen LogP contribution in [0.1, 0.15) is 18.4 Å². The Morgan fingerprint density at radius 1 is 1.31 bits per heavy atom. The molecule has 0 bridgehead atoms. The van der Waals surface area contributed by atoms with Crippen LogP contribution in [-0.2, 0) is 11.2 Å². The van der Waals surface area contributed by atoms with Gasteiger partial charge >= 0.3 is 0 Å². The van der Waals surface area contributed by atoms with E-state index in [4.69, 9.17) is 15.1 Å². The van der Waals surface area contributed by atoms with Crippen molar-refractivity contribution in [2.45, 2.75) is 25.4 Å². The van der Waals surface area contributed by atoms with Crippen LogP contribution in [0.15, 0.2) is 30.3 Å². The largest absolute Gasteiger partial charge is 0.396 e. The van der Waals surface area contributed by atoms with Crippen molar-refractivity contribution in [2.75, 3.05) is 13.2 Å². The maximum absolute atomic E-state index is 8.87. The molecule has 1 atom stereocenters. The molecule has 0 amide bonds. The molecule has 1 N–H and O–H groups in total. The first-order valence-electron chi connectivity index (χ1n) is 5.53. The van der Waals surface area contributed by atoms with Gasteiger partial charge in [-0.25, -0.2) is 0 Å². The molecule has 86 valence electrons. The minimum absolute atomic E-state index is 0.108. The van der Waals surface area contributed by atoms with E-state index in [0.717, 1.165) is 6.42 Å². The van der Waals surface area contributed by atoms with Crippen LogP contribution in [-0.4, -0.2) is 24.4 Å². The molecule has 3 nitrogen and oxygen atoms in total. The van der Waals surface area contributed by atoms with E-state index in [9.17, 15) is 0 Å². The van der Waals surface area contributed by atoms with Crippen molar-refractivity contribution in [3.05, 3.63) is 35.9 Å². The zero-order valence-corrected chi connectivity index (χ0v) is 9.30. The summed E-state index contributed by atoms with van der Waals surface area (Å²) in [4.78, 5) is 0. The third-order valence-corrected chi connectivity index (χ3v) is 2.30. The second kappa shape index (κ2) is 7.86. The van der Waals surface area contributed by atoms with Crippen molar-refractivity contribution in [1.29, 1.82) is 5.26 Å². The lowest BCUT2D eigenvalue weighted by Gasteiger charge is -2.09. The standard InChI is InChI=1S/C13H17NO2/c14-11-13(16-10-4-9-15)8-7-12-5-2-1-3-6-12/h1-3,5-6,13,15H,4,7-10H2. The van der Waals surface area contributed by atoms with Gasteiger partial charge in [-0.1, -0.05) is 30.3 Å². The summed E-state index contributed by atoms with van der Waals surface area (Å²) in [6.07, 6.45) is 1.76. The van der Waals surface area contributed by atoms with Crippen molar-refractivity contribution in [3.63, 3.8) is 0 Å². The minimum Gasteiger partial charge on any atom is -0.396 e. The van der Waals surface area contributed by atoms with Crippen LogP contribution in [0.4, 0.5) is 0 Å². The van der Waals surface area contributed by atoms with Gasteiger partial charge < -0.3 is 9.84 Å². The number of benzene rings is 1. The number of ether oxygens (including phenoxy) is 1. The number of aryl methyl sites for hydroxylation is 1. The number of nitrogens with zero attached hydrogens (tertiary/aromatic N) is 1. The lowest BCUT2D eigenvalue weighted by Crippen LogP contribution is -2.13. The van der Waals surface area contributed by atoms with Gasteiger partial charge in [0.15, 0.2) is 0 Å². The van der Waals surface area contributed by atoms with Crippen LogP contribution in [0, 0.1) is 11.3 Å². The van der Waals surface area contributed by atoms with E-state index >= 15 is 0 Å². The van der Waals surface area contributed by atoms with Crippen LogP contribution in [0.25, 0.3) is 0 Å². The monoisotopic (exact) mass is 219 g/mol. The van der Waals surface area contributed by atoms with Crippen LogP contribution >= 0.6 is 0 Å². The van der Waals surface area contributed by atoms with E-state index in [1.54, 1.807) is 0 Å². The van der Waals surface area contributed by atoms with E-state index in [0.29, 0.717) is 19.4 Å². The predicted molar refractivity (Wildman–Crippen MR) is 61.8 cm³/mol. The first-order valence-corrected chi connectivity index (χ1v) is 5.53. The zero-order valence-electron chi connectivity index (χ0n) is 9.30. The fraction of sp³-hybridized carbons (Fsp3) is 0.462. The molecule has 0 fully saturated rings. The molecule has 1 aromatic rings. The molecule has 0 aliphatic rings. The Balaban J connectivity index is 2.27. The average molecular weight is 219 g/mol. The third kappa shape index (κ3) is 4.92. The second-order valence-corrected chi connectivity index (χ2v) is 3.59. The van der Waals surface area contributed by atoms with Crippen molar-refractivity contribution >= 4 is 0 Å². The van der Waals surface area contributed by atoms with E-state index in [-0.39, 0.29) is 12.7 Å². The summed E-state index contributed by atoms with van der Waals surface area (Å²) in [5, 5.41) is 17.5. The summed E-state index contributed by atoms with van der Waals surface area (Å²) in [7, 11) is 0. The molecule has 3 heteroatoms. The average Bonchev–Trinajstić information content (AvgIpc) is 2.35. The summed E-state index contributed by atoms with van der Waals surface area (Å²) in [6.45, 7) is 0.556. The molecule has 0 saturated heterocycles. The number of hydrogen-bond donors (Lipinski definition) is 1. The molecule has 1 rings (SSSR count). The van der Waals surface area contributed by atoms with Crippen LogP contribution in [0.5, 0.6) is 0 Å². The van der Waals surface area contributed by atoms with Crippen LogP contribution < -0.4 is 0 Å². The van der Waals surface area contributed by atoms with Gasteiger partial charge in [-0.05, 0) is 24.8 Å². The molecule has 0 aromatic heterocycles. The fourth-order valence-corrected chi connectivity index (χ4v) is 1.42.